The van der Waals surface area contributed by atoms with Gasteiger partial charge in [-0.2, -0.15) is 0 Å². The summed E-state index contributed by atoms with van der Waals surface area (Å²) in [6.45, 7) is 3.55. The Morgan fingerprint density at radius 3 is 2.65 bits per heavy atom. The number of hydrogen-bond donors (Lipinski definition) is 2. The number of nitrogens with one attached hydrogen (secondary N) is 1. The fraction of sp³-hybridized carbons (Fsp3) is 0.500. The minimum absolute atomic E-state index is 0.187. The Kier molecular flexibility index (Phi) is 5.15. The van der Waals surface area contributed by atoms with Crippen molar-refractivity contribution in [3.8, 4) is 5.75 Å². The molecule has 17 heavy (non-hydrogen) atoms. The van der Waals surface area contributed by atoms with Gasteiger partial charge in [-0.3, -0.25) is 0 Å². The van der Waals surface area contributed by atoms with E-state index in [0.717, 1.165) is 0 Å². The highest BCUT2D eigenvalue weighted by Gasteiger charge is 2.14. The Morgan fingerprint density at radius 2 is 2.12 bits per heavy atom. The molecule has 0 saturated carbocycles. The van der Waals surface area contributed by atoms with E-state index in [1.807, 2.05) is 6.92 Å². The topological polar surface area (TPSA) is 41.5 Å². The molecule has 1 rings (SSSR count). The van der Waals surface area contributed by atoms with Gasteiger partial charge in [0, 0.05) is 11.3 Å². The molecule has 1 atom stereocenters. The van der Waals surface area contributed by atoms with Crippen molar-refractivity contribution in [3.05, 3.63) is 23.8 Å². The van der Waals surface area contributed by atoms with E-state index in [-0.39, 0.29) is 6.61 Å². The Morgan fingerprint density at radius 1 is 1.41 bits per heavy atom. The maximum Gasteiger partial charge on any atom is 0.258 e. The summed E-state index contributed by atoms with van der Waals surface area (Å²) in [6.07, 6.45) is -2.43. The molecule has 0 saturated heterocycles. The van der Waals surface area contributed by atoms with Gasteiger partial charge in [-0.05, 0) is 32.0 Å². The molecule has 1 aromatic carbocycles. The van der Waals surface area contributed by atoms with Crippen LogP contribution in [0.2, 0.25) is 0 Å². The second kappa shape index (κ2) is 6.39. The highest BCUT2D eigenvalue weighted by Crippen LogP contribution is 2.24. The van der Waals surface area contributed by atoms with Crippen molar-refractivity contribution in [2.24, 2.45) is 0 Å². The molecule has 5 heteroatoms. The van der Waals surface area contributed by atoms with Gasteiger partial charge in [-0.25, -0.2) is 8.78 Å². The summed E-state index contributed by atoms with van der Waals surface area (Å²) in [6, 6.07) is 4.00. The monoisotopic (exact) mass is 245 g/mol. The Bertz CT molecular complexity index is 358. The van der Waals surface area contributed by atoms with Gasteiger partial charge >= 0.3 is 0 Å². The largest absolute Gasteiger partial charge is 0.494 e. The Labute approximate surface area is 99.4 Å². The third-order valence-electron chi connectivity index (χ3n) is 2.30. The number of aliphatic hydroxyl groups is 1. The predicted octanol–water partition coefficient (Wildman–Crippen LogP) is 2.64. The lowest BCUT2D eigenvalue weighted by Crippen LogP contribution is -2.23. The van der Waals surface area contributed by atoms with E-state index in [1.165, 1.54) is 6.92 Å². The molecule has 0 heterocycles. The summed E-state index contributed by atoms with van der Waals surface area (Å²) in [5.41, 5.74) is 1.13. The number of alkyl halides is 2. The van der Waals surface area contributed by atoms with E-state index in [2.05, 4.69) is 5.32 Å². The zero-order chi connectivity index (χ0) is 12.8. The maximum atomic E-state index is 12.4. The van der Waals surface area contributed by atoms with Gasteiger partial charge in [-0.1, -0.05) is 0 Å². The molecule has 0 bridgehead atoms. The molecule has 0 radical (unpaired) electrons. The third-order valence-corrected chi connectivity index (χ3v) is 2.30. The van der Waals surface area contributed by atoms with Gasteiger partial charge in [0.05, 0.1) is 19.3 Å². The van der Waals surface area contributed by atoms with Crippen molar-refractivity contribution in [3.63, 3.8) is 0 Å². The summed E-state index contributed by atoms with van der Waals surface area (Å²) < 4.78 is 30.0. The number of rotatable bonds is 6. The second-order valence-electron chi connectivity index (χ2n) is 3.68. The van der Waals surface area contributed by atoms with Gasteiger partial charge in [0.15, 0.2) is 0 Å². The van der Waals surface area contributed by atoms with Crippen LogP contribution < -0.4 is 10.1 Å². The van der Waals surface area contributed by atoms with Crippen LogP contribution in [0.3, 0.4) is 0 Å². The first-order chi connectivity index (χ1) is 8.08. The number of benzene rings is 1. The van der Waals surface area contributed by atoms with E-state index in [9.17, 15) is 8.78 Å². The lowest BCUT2D eigenvalue weighted by molar-refractivity contribution is 0.130. The summed E-state index contributed by atoms with van der Waals surface area (Å²) in [5, 5.41) is 11.8. The first-order valence-corrected chi connectivity index (χ1v) is 5.49. The fourth-order valence-electron chi connectivity index (χ4n) is 1.41. The van der Waals surface area contributed by atoms with Crippen molar-refractivity contribution >= 4 is 5.69 Å². The van der Waals surface area contributed by atoms with Crippen LogP contribution >= 0.6 is 0 Å². The third kappa shape index (κ3) is 3.85. The molecular formula is C12H17F2NO2. The summed E-state index contributed by atoms with van der Waals surface area (Å²) in [5.74, 6) is 0.574. The lowest BCUT2D eigenvalue weighted by Gasteiger charge is -2.16. The quantitative estimate of drug-likeness (QED) is 0.809. The first kappa shape index (κ1) is 13.7. The zero-order valence-corrected chi connectivity index (χ0v) is 9.91. The zero-order valence-electron chi connectivity index (χ0n) is 9.91. The van der Waals surface area contributed by atoms with E-state index in [1.54, 1.807) is 18.2 Å². The number of aliphatic hydroxyl groups excluding tert-OH is 1. The molecule has 2 N–H and O–H groups in total. The summed E-state index contributed by atoms with van der Waals surface area (Å²) in [4.78, 5) is 0. The minimum atomic E-state index is -2.43. The first-order valence-electron chi connectivity index (χ1n) is 5.49. The van der Waals surface area contributed by atoms with Crippen molar-refractivity contribution in [1.29, 1.82) is 0 Å². The second-order valence-corrected chi connectivity index (χ2v) is 3.68. The molecule has 3 nitrogen and oxygen atoms in total. The van der Waals surface area contributed by atoms with Gasteiger partial charge in [0.2, 0.25) is 0 Å². The molecule has 96 valence electrons. The van der Waals surface area contributed by atoms with Crippen molar-refractivity contribution in [2.75, 3.05) is 11.9 Å². The average Bonchev–Trinajstić information content (AvgIpc) is 2.31. The molecule has 0 amide bonds. The molecule has 0 aliphatic carbocycles. The van der Waals surface area contributed by atoms with Crippen molar-refractivity contribution in [2.45, 2.75) is 32.9 Å². The van der Waals surface area contributed by atoms with Crippen LogP contribution in [-0.4, -0.2) is 24.2 Å². The smallest absolute Gasteiger partial charge is 0.258 e. The Hall–Kier alpha value is -1.36. The van der Waals surface area contributed by atoms with Gasteiger partial charge in [-0.15, -0.1) is 0 Å². The molecule has 0 spiro atoms. The SMILES string of the molecule is CCOc1ccc(NC(C)C(F)F)cc1CO. The van der Waals surface area contributed by atoms with Gasteiger partial charge < -0.3 is 15.2 Å². The van der Waals surface area contributed by atoms with Crippen LogP contribution in [0.1, 0.15) is 19.4 Å². The summed E-state index contributed by atoms with van der Waals surface area (Å²) in [7, 11) is 0. The van der Waals surface area contributed by atoms with Crippen LogP contribution in [0, 0.1) is 0 Å². The van der Waals surface area contributed by atoms with Crippen molar-refractivity contribution in [1.82, 2.24) is 0 Å². The molecule has 0 aliphatic heterocycles. The van der Waals surface area contributed by atoms with E-state index in [4.69, 9.17) is 9.84 Å². The van der Waals surface area contributed by atoms with E-state index >= 15 is 0 Å². The molecule has 0 aliphatic rings. The Balaban J connectivity index is 2.82. The van der Waals surface area contributed by atoms with Gasteiger partial charge in [0.25, 0.3) is 6.43 Å². The predicted molar refractivity (Wildman–Crippen MR) is 62.6 cm³/mol. The van der Waals surface area contributed by atoms with Crippen LogP contribution in [-0.2, 0) is 6.61 Å². The maximum absolute atomic E-state index is 12.4. The molecular weight excluding hydrogens is 228 g/mol. The lowest BCUT2D eigenvalue weighted by atomic mass is 10.1. The van der Waals surface area contributed by atoms with Crippen molar-refractivity contribution < 1.29 is 18.6 Å². The molecule has 1 aromatic rings. The number of halogens is 2. The summed E-state index contributed by atoms with van der Waals surface area (Å²) >= 11 is 0. The van der Waals surface area contributed by atoms with E-state index < -0.39 is 12.5 Å². The van der Waals surface area contributed by atoms with Crippen LogP contribution in [0.15, 0.2) is 18.2 Å². The number of anilines is 1. The molecule has 1 unspecified atom stereocenters. The highest BCUT2D eigenvalue weighted by atomic mass is 19.3. The van der Waals surface area contributed by atoms with Crippen LogP contribution in [0.25, 0.3) is 0 Å². The average molecular weight is 245 g/mol. The highest BCUT2D eigenvalue weighted by molar-refractivity contribution is 5.51. The van der Waals surface area contributed by atoms with Gasteiger partial charge in [0.1, 0.15) is 5.75 Å². The van der Waals surface area contributed by atoms with Crippen LogP contribution in [0.4, 0.5) is 14.5 Å². The normalized spacial score (nSPS) is 12.6. The number of ether oxygens (including phenoxy) is 1. The molecule has 0 aromatic heterocycles. The van der Waals surface area contributed by atoms with Crippen LogP contribution in [0.5, 0.6) is 5.75 Å². The fourth-order valence-corrected chi connectivity index (χ4v) is 1.41. The standard InChI is InChI=1S/C12H17F2NO2/c1-3-17-11-5-4-10(6-9(11)7-16)15-8(2)12(13)14/h4-6,8,12,15-16H,3,7H2,1-2H3. The molecule has 0 fully saturated rings. The number of hydrogen-bond acceptors (Lipinski definition) is 3. The van der Waals surface area contributed by atoms with E-state index in [0.29, 0.717) is 23.6 Å². The minimum Gasteiger partial charge on any atom is -0.494 e.